The molecule has 1 aromatic carbocycles. The molecule has 0 radical (unpaired) electrons. The molecule has 1 N–H and O–H groups in total. The standard InChI is InChI=1S/C20H15F4N5O2/c21-13-7-12(20(22,23)24)8-14(9-13)31-15-10-29(11-15)16-4-6-26-28-18(16)19(30)27-17-3-1-2-5-25-17/h1-9,15H,10-11H2,(H,25,27,30). The molecular formula is C20H15F4N5O2. The average molecular weight is 433 g/mol. The van der Waals surface area contributed by atoms with Gasteiger partial charge in [0.25, 0.3) is 5.91 Å². The number of benzene rings is 1. The Bertz CT molecular complexity index is 1090. The van der Waals surface area contributed by atoms with Crippen LogP contribution in [0.25, 0.3) is 0 Å². The molecule has 0 spiro atoms. The molecule has 1 amide bonds. The molecule has 31 heavy (non-hydrogen) atoms. The Morgan fingerprint density at radius 3 is 2.65 bits per heavy atom. The first-order chi connectivity index (χ1) is 14.8. The normalized spacial score (nSPS) is 14.1. The summed E-state index contributed by atoms with van der Waals surface area (Å²) < 4.78 is 57.6. The maximum absolute atomic E-state index is 13.5. The summed E-state index contributed by atoms with van der Waals surface area (Å²) in [5, 5.41) is 10.3. The Hall–Kier alpha value is -3.76. The number of rotatable bonds is 5. The van der Waals surface area contributed by atoms with E-state index in [-0.39, 0.29) is 24.5 Å². The highest BCUT2D eigenvalue weighted by atomic mass is 19.4. The molecule has 1 aliphatic rings. The highest BCUT2D eigenvalue weighted by molar-refractivity contribution is 6.06. The van der Waals surface area contributed by atoms with E-state index in [1.54, 1.807) is 29.2 Å². The quantitative estimate of drug-likeness (QED) is 0.620. The number of hydrogen-bond donors (Lipinski definition) is 1. The van der Waals surface area contributed by atoms with Gasteiger partial charge in [0.15, 0.2) is 5.69 Å². The summed E-state index contributed by atoms with van der Waals surface area (Å²) in [5.74, 6) is -1.41. The largest absolute Gasteiger partial charge is 0.487 e. The zero-order valence-electron chi connectivity index (χ0n) is 15.8. The molecule has 7 nitrogen and oxygen atoms in total. The van der Waals surface area contributed by atoms with Crippen LogP contribution in [0.2, 0.25) is 0 Å². The number of hydrogen-bond acceptors (Lipinski definition) is 6. The molecule has 0 unspecified atom stereocenters. The van der Waals surface area contributed by atoms with Gasteiger partial charge >= 0.3 is 6.18 Å². The molecule has 4 rings (SSSR count). The van der Waals surface area contributed by atoms with E-state index < -0.39 is 29.6 Å². The van der Waals surface area contributed by atoms with Crippen LogP contribution in [-0.4, -0.2) is 40.3 Å². The van der Waals surface area contributed by atoms with Gasteiger partial charge in [0, 0.05) is 12.3 Å². The van der Waals surface area contributed by atoms with Crippen LogP contribution in [0.15, 0.2) is 54.9 Å². The van der Waals surface area contributed by atoms with Crippen LogP contribution in [-0.2, 0) is 6.18 Å². The number of carbonyl (C=O) groups is 1. The fraction of sp³-hybridized carbons (Fsp3) is 0.200. The van der Waals surface area contributed by atoms with Gasteiger partial charge in [-0.3, -0.25) is 4.79 Å². The van der Waals surface area contributed by atoms with Crippen molar-refractivity contribution in [2.45, 2.75) is 12.3 Å². The molecule has 2 aromatic heterocycles. The minimum absolute atomic E-state index is 0.0664. The SMILES string of the molecule is O=C(Nc1ccccn1)c1nnccc1N1CC(Oc2cc(F)cc(C(F)(F)F)c2)C1. The molecule has 3 aromatic rings. The molecule has 1 fully saturated rings. The Morgan fingerprint density at radius 2 is 1.94 bits per heavy atom. The van der Waals surface area contributed by atoms with E-state index in [2.05, 4.69) is 20.5 Å². The molecule has 0 aliphatic carbocycles. The van der Waals surface area contributed by atoms with E-state index in [9.17, 15) is 22.4 Å². The number of halogens is 4. The fourth-order valence-corrected chi connectivity index (χ4v) is 3.05. The Labute approximate surface area is 173 Å². The van der Waals surface area contributed by atoms with Crippen LogP contribution in [0.5, 0.6) is 5.75 Å². The Kier molecular flexibility index (Phi) is 5.40. The third-order valence-corrected chi connectivity index (χ3v) is 4.51. The lowest BCUT2D eigenvalue weighted by Crippen LogP contribution is -2.54. The molecule has 160 valence electrons. The second kappa shape index (κ2) is 8.17. The summed E-state index contributed by atoms with van der Waals surface area (Å²) in [6, 6.07) is 8.71. The van der Waals surface area contributed by atoms with Gasteiger partial charge in [0.05, 0.1) is 30.5 Å². The summed E-state index contributed by atoms with van der Waals surface area (Å²) in [6.45, 7) is 0.543. The van der Waals surface area contributed by atoms with Crippen molar-refractivity contribution in [1.29, 1.82) is 0 Å². The molecule has 11 heteroatoms. The van der Waals surface area contributed by atoms with Crippen molar-refractivity contribution < 1.29 is 27.1 Å². The van der Waals surface area contributed by atoms with Crippen molar-refractivity contribution in [3.63, 3.8) is 0 Å². The molecule has 0 atom stereocenters. The van der Waals surface area contributed by atoms with Gasteiger partial charge in [-0.05, 0) is 30.3 Å². The zero-order chi connectivity index (χ0) is 22.0. The van der Waals surface area contributed by atoms with Crippen molar-refractivity contribution >= 4 is 17.4 Å². The molecule has 0 saturated carbocycles. The first kappa shape index (κ1) is 20.5. The third-order valence-electron chi connectivity index (χ3n) is 4.51. The Balaban J connectivity index is 1.43. The Morgan fingerprint density at radius 1 is 1.13 bits per heavy atom. The maximum Gasteiger partial charge on any atom is 0.416 e. The predicted molar refractivity (Wildman–Crippen MR) is 102 cm³/mol. The van der Waals surface area contributed by atoms with Crippen molar-refractivity contribution in [3.05, 3.63) is 71.9 Å². The number of nitrogens with one attached hydrogen (secondary N) is 1. The van der Waals surface area contributed by atoms with Gasteiger partial charge in [0.1, 0.15) is 23.5 Å². The number of carbonyl (C=O) groups excluding carboxylic acids is 1. The minimum atomic E-state index is -4.68. The van der Waals surface area contributed by atoms with Crippen molar-refractivity contribution in [2.24, 2.45) is 0 Å². The van der Waals surface area contributed by atoms with Gasteiger partial charge in [-0.25, -0.2) is 9.37 Å². The van der Waals surface area contributed by atoms with Crippen LogP contribution in [0.4, 0.5) is 29.1 Å². The molecule has 1 aliphatic heterocycles. The van der Waals surface area contributed by atoms with E-state index in [0.717, 1.165) is 12.1 Å². The predicted octanol–water partition coefficient (Wildman–Crippen LogP) is 3.55. The van der Waals surface area contributed by atoms with Crippen molar-refractivity contribution in [3.8, 4) is 5.75 Å². The van der Waals surface area contributed by atoms with Crippen LogP contribution < -0.4 is 15.0 Å². The number of aromatic nitrogens is 3. The summed E-state index contributed by atoms with van der Waals surface area (Å²) in [4.78, 5) is 18.3. The summed E-state index contributed by atoms with van der Waals surface area (Å²) in [7, 11) is 0. The van der Waals surface area contributed by atoms with Crippen molar-refractivity contribution in [2.75, 3.05) is 23.3 Å². The second-order valence-electron chi connectivity index (χ2n) is 6.75. The van der Waals surface area contributed by atoms with Gasteiger partial charge in [-0.15, -0.1) is 5.10 Å². The van der Waals surface area contributed by atoms with Gasteiger partial charge in [-0.1, -0.05) is 6.07 Å². The lowest BCUT2D eigenvalue weighted by Gasteiger charge is -2.41. The molecular weight excluding hydrogens is 418 g/mol. The van der Waals surface area contributed by atoms with Gasteiger partial charge < -0.3 is 15.0 Å². The zero-order valence-corrected chi connectivity index (χ0v) is 15.8. The average Bonchev–Trinajstić information content (AvgIpc) is 2.70. The third kappa shape index (κ3) is 4.71. The molecule has 1 saturated heterocycles. The smallest absolute Gasteiger partial charge is 0.416 e. The first-order valence-electron chi connectivity index (χ1n) is 9.13. The first-order valence-corrected chi connectivity index (χ1v) is 9.13. The number of anilines is 2. The maximum atomic E-state index is 13.5. The number of pyridine rings is 1. The summed E-state index contributed by atoms with van der Waals surface area (Å²) >= 11 is 0. The van der Waals surface area contributed by atoms with Crippen LogP contribution in [0, 0.1) is 5.82 Å². The second-order valence-corrected chi connectivity index (χ2v) is 6.75. The van der Waals surface area contributed by atoms with Gasteiger partial charge in [0.2, 0.25) is 0 Å². The molecule has 3 heterocycles. The lowest BCUT2D eigenvalue weighted by molar-refractivity contribution is -0.137. The van der Waals surface area contributed by atoms with Crippen molar-refractivity contribution in [1.82, 2.24) is 15.2 Å². The van der Waals surface area contributed by atoms with Gasteiger partial charge in [-0.2, -0.15) is 18.3 Å². The van der Waals surface area contributed by atoms with E-state index in [4.69, 9.17) is 4.74 Å². The summed E-state index contributed by atoms with van der Waals surface area (Å²) in [5.41, 5.74) is -0.569. The van der Waals surface area contributed by atoms with Crippen LogP contribution >= 0.6 is 0 Å². The lowest BCUT2D eigenvalue weighted by atomic mass is 10.1. The number of alkyl halides is 3. The van der Waals surface area contributed by atoms with E-state index in [1.165, 1.54) is 12.4 Å². The van der Waals surface area contributed by atoms with E-state index in [1.807, 2.05) is 0 Å². The number of ether oxygens (including phenoxy) is 1. The number of nitrogens with zero attached hydrogens (tertiary/aromatic N) is 4. The number of amides is 1. The highest BCUT2D eigenvalue weighted by Crippen LogP contribution is 2.33. The van der Waals surface area contributed by atoms with Crippen LogP contribution in [0.1, 0.15) is 16.1 Å². The molecule has 0 bridgehead atoms. The summed E-state index contributed by atoms with van der Waals surface area (Å²) in [6.07, 6.45) is -2.21. The van der Waals surface area contributed by atoms with Crippen LogP contribution in [0.3, 0.4) is 0 Å². The van der Waals surface area contributed by atoms with E-state index in [0.29, 0.717) is 17.6 Å². The van der Waals surface area contributed by atoms with E-state index >= 15 is 0 Å². The topological polar surface area (TPSA) is 80.2 Å². The fourth-order valence-electron chi connectivity index (χ4n) is 3.05. The minimum Gasteiger partial charge on any atom is -0.487 e. The monoisotopic (exact) mass is 433 g/mol. The highest BCUT2D eigenvalue weighted by Gasteiger charge is 2.34.